The van der Waals surface area contributed by atoms with Crippen LogP contribution in [0.2, 0.25) is 0 Å². The zero-order valence-corrected chi connectivity index (χ0v) is 8.13. The number of benzene rings is 1. The minimum atomic E-state index is 0.577. The Balaban J connectivity index is 2.30. The molecule has 0 spiro atoms. The fourth-order valence-electron chi connectivity index (χ4n) is 1.47. The Morgan fingerprint density at radius 3 is 3.15 bits per heavy atom. The third-order valence-corrected chi connectivity index (χ3v) is 2.30. The van der Waals surface area contributed by atoms with E-state index in [4.69, 9.17) is 4.74 Å². The highest BCUT2D eigenvalue weighted by Crippen LogP contribution is 2.28. The molecular formula is C11H15NO. The van der Waals surface area contributed by atoms with Crippen LogP contribution in [0.25, 0.3) is 0 Å². The predicted molar refractivity (Wildman–Crippen MR) is 54.3 cm³/mol. The average Bonchev–Trinajstić information content (AvgIpc) is 2.29. The highest BCUT2D eigenvalue weighted by atomic mass is 16.5. The Hall–Kier alpha value is -1.18. The van der Waals surface area contributed by atoms with Gasteiger partial charge in [0.2, 0.25) is 0 Å². The molecule has 70 valence electrons. The monoisotopic (exact) mass is 177 g/mol. The summed E-state index contributed by atoms with van der Waals surface area (Å²) in [6, 6.07) is 6.27. The summed E-state index contributed by atoms with van der Waals surface area (Å²) in [5, 5.41) is 3.38. The van der Waals surface area contributed by atoms with Gasteiger partial charge in [0, 0.05) is 12.5 Å². The van der Waals surface area contributed by atoms with Crippen LogP contribution in [-0.2, 0) is 0 Å². The smallest absolute Gasteiger partial charge is 0.142 e. The number of anilines is 1. The number of aryl methyl sites for hydroxylation is 1. The topological polar surface area (TPSA) is 21.3 Å². The summed E-state index contributed by atoms with van der Waals surface area (Å²) in [5.74, 6) is 1.57. The van der Waals surface area contributed by atoms with E-state index in [1.54, 1.807) is 0 Å². The van der Waals surface area contributed by atoms with Gasteiger partial charge in [-0.05, 0) is 24.6 Å². The van der Waals surface area contributed by atoms with E-state index in [-0.39, 0.29) is 0 Å². The van der Waals surface area contributed by atoms with Gasteiger partial charge in [-0.25, -0.2) is 0 Å². The van der Waals surface area contributed by atoms with Crippen molar-refractivity contribution in [2.45, 2.75) is 13.8 Å². The Morgan fingerprint density at radius 1 is 1.46 bits per heavy atom. The molecule has 2 rings (SSSR count). The maximum absolute atomic E-state index is 5.68. The molecule has 1 heterocycles. The molecule has 2 nitrogen and oxygen atoms in total. The molecule has 2 heteroatoms. The highest BCUT2D eigenvalue weighted by molar-refractivity contribution is 5.58. The first-order chi connectivity index (χ1) is 6.25. The molecule has 0 fully saturated rings. The second-order valence-electron chi connectivity index (χ2n) is 3.80. The van der Waals surface area contributed by atoms with Crippen molar-refractivity contribution in [3.63, 3.8) is 0 Å². The number of fused-ring (bicyclic) bond motifs is 1. The van der Waals surface area contributed by atoms with E-state index in [2.05, 4.69) is 37.4 Å². The number of ether oxygens (including phenoxy) is 1. The van der Waals surface area contributed by atoms with Crippen LogP contribution < -0.4 is 10.1 Å². The quantitative estimate of drug-likeness (QED) is 0.657. The lowest BCUT2D eigenvalue weighted by Crippen LogP contribution is -2.13. The Labute approximate surface area is 78.9 Å². The first-order valence-corrected chi connectivity index (χ1v) is 4.73. The summed E-state index contributed by atoms with van der Waals surface area (Å²) in [6.07, 6.45) is 0. The minimum absolute atomic E-state index is 0.577. The van der Waals surface area contributed by atoms with E-state index in [1.807, 2.05) is 0 Å². The van der Waals surface area contributed by atoms with E-state index in [9.17, 15) is 0 Å². The third-order valence-electron chi connectivity index (χ3n) is 2.30. The number of nitrogens with one attached hydrogen (secondary N) is 1. The van der Waals surface area contributed by atoms with Gasteiger partial charge in [-0.2, -0.15) is 0 Å². The zero-order chi connectivity index (χ0) is 9.26. The van der Waals surface area contributed by atoms with Gasteiger partial charge in [0.25, 0.3) is 0 Å². The highest BCUT2D eigenvalue weighted by Gasteiger charge is 2.12. The van der Waals surface area contributed by atoms with Gasteiger partial charge in [-0.1, -0.05) is 13.0 Å². The fraction of sp³-hybridized carbons (Fsp3) is 0.455. The van der Waals surface area contributed by atoms with Crippen LogP contribution >= 0.6 is 0 Å². The third kappa shape index (κ3) is 1.77. The van der Waals surface area contributed by atoms with Crippen molar-refractivity contribution in [2.24, 2.45) is 5.92 Å². The molecule has 0 radical (unpaired) electrons. The molecule has 0 saturated carbocycles. The van der Waals surface area contributed by atoms with Crippen LogP contribution in [0.1, 0.15) is 12.5 Å². The predicted octanol–water partition coefficient (Wildman–Crippen LogP) is 2.44. The molecule has 1 N–H and O–H groups in total. The van der Waals surface area contributed by atoms with Crippen molar-refractivity contribution in [1.82, 2.24) is 0 Å². The number of rotatable bonds is 0. The Kier molecular flexibility index (Phi) is 2.13. The Morgan fingerprint density at radius 2 is 2.31 bits per heavy atom. The van der Waals surface area contributed by atoms with Crippen LogP contribution in [0.3, 0.4) is 0 Å². The minimum Gasteiger partial charge on any atom is -0.491 e. The molecule has 13 heavy (non-hydrogen) atoms. The van der Waals surface area contributed by atoms with Crippen LogP contribution in [0.5, 0.6) is 5.75 Å². The van der Waals surface area contributed by atoms with E-state index in [0.717, 1.165) is 24.6 Å². The first-order valence-electron chi connectivity index (χ1n) is 4.73. The van der Waals surface area contributed by atoms with Crippen molar-refractivity contribution in [3.8, 4) is 5.75 Å². The maximum atomic E-state index is 5.68. The van der Waals surface area contributed by atoms with Crippen LogP contribution in [-0.4, -0.2) is 13.2 Å². The summed E-state index contributed by atoms with van der Waals surface area (Å²) in [6.45, 7) is 6.07. The molecule has 1 aromatic rings. The van der Waals surface area contributed by atoms with Crippen LogP contribution in [0, 0.1) is 12.8 Å². The van der Waals surface area contributed by atoms with Crippen molar-refractivity contribution in [3.05, 3.63) is 23.8 Å². The van der Waals surface area contributed by atoms with Crippen molar-refractivity contribution in [2.75, 3.05) is 18.5 Å². The number of hydrogen-bond donors (Lipinski definition) is 1. The second kappa shape index (κ2) is 3.29. The molecule has 0 amide bonds. The standard InChI is InChI=1S/C11H15NO/c1-8-3-4-10-11(5-8)13-7-9(2)6-12-10/h3-5,9,12H,6-7H2,1-2H3. The molecule has 1 unspecified atom stereocenters. The van der Waals surface area contributed by atoms with E-state index >= 15 is 0 Å². The summed E-state index contributed by atoms with van der Waals surface area (Å²) < 4.78 is 5.68. The summed E-state index contributed by atoms with van der Waals surface area (Å²) >= 11 is 0. The zero-order valence-electron chi connectivity index (χ0n) is 8.13. The van der Waals surface area contributed by atoms with E-state index in [1.165, 1.54) is 5.56 Å². The molecule has 0 bridgehead atoms. The molecule has 1 aliphatic rings. The first kappa shape index (κ1) is 8.42. The van der Waals surface area contributed by atoms with Crippen LogP contribution in [0.4, 0.5) is 5.69 Å². The number of hydrogen-bond acceptors (Lipinski definition) is 2. The van der Waals surface area contributed by atoms with Crippen molar-refractivity contribution >= 4 is 5.69 Å². The van der Waals surface area contributed by atoms with Gasteiger partial charge in [0.05, 0.1) is 12.3 Å². The van der Waals surface area contributed by atoms with Gasteiger partial charge >= 0.3 is 0 Å². The molecule has 0 saturated heterocycles. The summed E-state index contributed by atoms with van der Waals surface area (Å²) in [5.41, 5.74) is 2.37. The lowest BCUT2D eigenvalue weighted by molar-refractivity contribution is 0.275. The summed E-state index contributed by atoms with van der Waals surface area (Å²) in [7, 11) is 0. The van der Waals surface area contributed by atoms with Gasteiger partial charge in [-0.3, -0.25) is 0 Å². The fourth-order valence-corrected chi connectivity index (χ4v) is 1.47. The van der Waals surface area contributed by atoms with Crippen molar-refractivity contribution < 1.29 is 4.74 Å². The summed E-state index contributed by atoms with van der Waals surface area (Å²) in [4.78, 5) is 0. The molecule has 0 aliphatic carbocycles. The largest absolute Gasteiger partial charge is 0.491 e. The van der Waals surface area contributed by atoms with Crippen LogP contribution in [0.15, 0.2) is 18.2 Å². The lowest BCUT2D eigenvalue weighted by Gasteiger charge is -2.07. The second-order valence-corrected chi connectivity index (χ2v) is 3.80. The molecular weight excluding hydrogens is 162 g/mol. The molecule has 0 aromatic heterocycles. The normalized spacial score (nSPS) is 20.9. The maximum Gasteiger partial charge on any atom is 0.142 e. The van der Waals surface area contributed by atoms with E-state index < -0.39 is 0 Å². The van der Waals surface area contributed by atoms with Gasteiger partial charge < -0.3 is 10.1 Å². The van der Waals surface area contributed by atoms with Gasteiger partial charge in [0.1, 0.15) is 5.75 Å². The SMILES string of the molecule is Cc1ccc2c(c1)OCC(C)CN2. The molecule has 1 aliphatic heterocycles. The van der Waals surface area contributed by atoms with Gasteiger partial charge in [-0.15, -0.1) is 0 Å². The van der Waals surface area contributed by atoms with E-state index in [0.29, 0.717) is 5.92 Å². The van der Waals surface area contributed by atoms with Crippen molar-refractivity contribution in [1.29, 1.82) is 0 Å². The Bertz CT molecular complexity index is 309. The molecule has 1 aromatic carbocycles. The molecule has 1 atom stereocenters. The van der Waals surface area contributed by atoms with Gasteiger partial charge in [0.15, 0.2) is 0 Å². The lowest BCUT2D eigenvalue weighted by atomic mass is 10.2. The average molecular weight is 177 g/mol.